The van der Waals surface area contributed by atoms with Gasteiger partial charge in [0.15, 0.2) is 0 Å². The molecule has 0 radical (unpaired) electrons. The third kappa shape index (κ3) is 5.15. The van der Waals surface area contributed by atoms with Crippen molar-refractivity contribution in [1.82, 2.24) is 4.72 Å². The molecule has 0 aliphatic carbocycles. The highest BCUT2D eigenvalue weighted by Crippen LogP contribution is 2.17. The van der Waals surface area contributed by atoms with E-state index in [0.29, 0.717) is 17.0 Å². The lowest BCUT2D eigenvalue weighted by atomic mass is 10.2. The van der Waals surface area contributed by atoms with Crippen LogP contribution in [0.15, 0.2) is 41.1 Å². The molecule has 2 rings (SSSR count). The number of rotatable bonds is 6. The van der Waals surface area contributed by atoms with Crippen molar-refractivity contribution >= 4 is 38.9 Å². The van der Waals surface area contributed by atoms with Crippen LogP contribution in [0.5, 0.6) is 0 Å². The maximum absolute atomic E-state index is 11.9. The maximum atomic E-state index is 11.9. The van der Waals surface area contributed by atoms with E-state index < -0.39 is 15.9 Å². The van der Waals surface area contributed by atoms with E-state index in [0.717, 1.165) is 5.56 Å². The topological polar surface area (TPSA) is 63.2 Å². The van der Waals surface area contributed by atoms with Crippen molar-refractivity contribution in [3.8, 4) is 0 Å². The highest BCUT2D eigenvalue weighted by atomic mass is 35.5. The van der Waals surface area contributed by atoms with Crippen molar-refractivity contribution in [2.45, 2.75) is 18.6 Å². The molecule has 0 spiro atoms. The fraction of sp³-hybridized carbons (Fsp3) is 0.214. The number of hydrogen-bond donors (Lipinski definition) is 1. The summed E-state index contributed by atoms with van der Waals surface area (Å²) in [7, 11) is -3.73. The number of benzene rings is 1. The lowest BCUT2D eigenvalue weighted by Crippen LogP contribution is -2.31. The van der Waals surface area contributed by atoms with Crippen LogP contribution in [0.2, 0.25) is 5.02 Å². The number of halogens is 1. The molecule has 112 valence electrons. The van der Waals surface area contributed by atoms with Gasteiger partial charge in [0.2, 0.25) is 15.9 Å². The molecule has 1 amide bonds. The summed E-state index contributed by atoms with van der Waals surface area (Å²) in [6.07, 6.45) is 0.662. The van der Waals surface area contributed by atoms with Crippen LogP contribution in [0, 0.1) is 0 Å². The predicted octanol–water partition coefficient (Wildman–Crippen LogP) is 2.98. The van der Waals surface area contributed by atoms with E-state index in [-0.39, 0.29) is 12.2 Å². The number of carbonyl (C=O) groups is 1. The van der Waals surface area contributed by atoms with Crippen molar-refractivity contribution in [2.24, 2.45) is 0 Å². The van der Waals surface area contributed by atoms with Gasteiger partial charge >= 0.3 is 0 Å². The molecule has 1 heterocycles. The Morgan fingerprint density at radius 1 is 1.24 bits per heavy atom. The summed E-state index contributed by atoms with van der Waals surface area (Å²) in [5.41, 5.74) is 1.50. The van der Waals surface area contributed by atoms with Crippen molar-refractivity contribution in [3.05, 3.63) is 57.2 Å². The Morgan fingerprint density at radius 3 is 2.67 bits per heavy atom. The third-order valence-electron chi connectivity index (χ3n) is 2.79. The van der Waals surface area contributed by atoms with Crippen molar-refractivity contribution < 1.29 is 13.2 Å². The molecular formula is C14H14ClNO3S2. The van der Waals surface area contributed by atoms with Crippen molar-refractivity contribution in [3.63, 3.8) is 0 Å². The monoisotopic (exact) mass is 343 g/mol. The fourth-order valence-electron chi connectivity index (χ4n) is 1.77. The maximum Gasteiger partial charge on any atom is 0.239 e. The fourth-order valence-corrected chi connectivity index (χ4v) is 3.94. The molecule has 0 bridgehead atoms. The second kappa shape index (κ2) is 7.06. The highest BCUT2D eigenvalue weighted by molar-refractivity contribution is 7.89. The summed E-state index contributed by atoms with van der Waals surface area (Å²) >= 11 is 7.46. The van der Waals surface area contributed by atoms with Gasteiger partial charge < -0.3 is 0 Å². The van der Waals surface area contributed by atoms with Gasteiger partial charge in [-0.1, -0.05) is 29.8 Å². The molecule has 7 heteroatoms. The summed E-state index contributed by atoms with van der Waals surface area (Å²) in [6, 6.07) is 8.57. The molecule has 21 heavy (non-hydrogen) atoms. The molecule has 0 fully saturated rings. The molecule has 0 unspecified atom stereocenters. The molecule has 2 aromatic rings. The summed E-state index contributed by atoms with van der Waals surface area (Å²) < 4.78 is 25.9. The molecule has 1 aromatic carbocycles. The van der Waals surface area contributed by atoms with E-state index in [4.69, 9.17) is 11.6 Å². The Kier molecular flexibility index (Phi) is 5.39. The van der Waals surface area contributed by atoms with Gasteiger partial charge in [-0.25, -0.2) is 8.42 Å². The summed E-state index contributed by atoms with van der Waals surface area (Å²) in [5.74, 6) is -0.815. The first kappa shape index (κ1) is 16.0. The second-order valence-corrected chi connectivity index (χ2v) is 7.42. The minimum Gasteiger partial charge on any atom is -0.274 e. The average molecular weight is 344 g/mol. The Labute approximate surface area is 132 Å². The number of sulfonamides is 1. The van der Waals surface area contributed by atoms with Crippen LogP contribution in [-0.4, -0.2) is 14.3 Å². The summed E-state index contributed by atoms with van der Waals surface area (Å²) in [5, 5.41) is 4.22. The van der Waals surface area contributed by atoms with E-state index in [9.17, 15) is 13.2 Å². The molecule has 0 aliphatic rings. The van der Waals surface area contributed by atoms with Gasteiger partial charge in [-0.05, 0) is 40.4 Å². The van der Waals surface area contributed by atoms with Gasteiger partial charge in [0.1, 0.15) is 0 Å². The SMILES string of the molecule is O=C(CCc1ccsc1)NS(=O)(=O)Cc1ccccc1Cl. The number of nitrogens with one attached hydrogen (secondary N) is 1. The predicted molar refractivity (Wildman–Crippen MR) is 84.9 cm³/mol. The zero-order valence-corrected chi connectivity index (χ0v) is 13.5. The quantitative estimate of drug-likeness (QED) is 0.877. The Balaban J connectivity index is 1.91. The van der Waals surface area contributed by atoms with Gasteiger partial charge in [-0.15, -0.1) is 0 Å². The molecule has 1 aromatic heterocycles. The number of hydrogen-bond acceptors (Lipinski definition) is 4. The number of thiophene rings is 1. The zero-order chi connectivity index (χ0) is 15.3. The van der Waals surface area contributed by atoms with E-state index >= 15 is 0 Å². The van der Waals surface area contributed by atoms with Crippen LogP contribution >= 0.6 is 22.9 Å². The van der Waals surface area contributed by atoms with Crippen LogP contribution in [0.25, 0.3) is 0 Å². The number of aryl methyl sites for hydroxylation is 1. The van der Waals surface area contributed by atoms with Crippen LogP contribution in [0.4, 0.5) is 0 Å². The highest BCUT2D eigenvalue weighted by Gasteiger charge is 2.16. The van der Waals surface area contributed by atoms with E-state index in [1.807, 2.05) is 16.8 Å². The van der Waals surface area contributed by atoms with Gasteiger partial charge in [-0.2, -0.15) is 11.3 Å². The minimum atomic E-state index is -3.73. The van der Waals surface area contributed by atoms with Crippen LogP contribution in [0.1, 0.15) is 17.5 Å². The molecular weight excluding hydrogens is 330 g/mol. The van der Waals surface area contributed by atoms with Crippen molar-refractivity contribution in [2.75, 3.05) is 0 Å². The smallest absolute Gasteiger partial charge is 0.239 e. The average Bonchev–Trinajstić information content (AvgIpc) is 2.91. The first-order valence-corrected chi connectivity index (χ1v) is 9.21. The van der Waals surface area contributed by atoms with Gasteiger partial charge in [0.25, 0.3) is 0 Å². The normalized spacial score (nSPS) is 11.3. The van der Waals surface area contributed by atoms with Gasteiger partial charge in [-0.3, -0.25) is 9.52 Å². The van der Waals surface area contributed by atoms with Crippen LogP contribution in [-0.2, 0) is 27.0 Å². The molecule has 0 saturated heterocycles. The Hall–Kier alpha value is -1.37. The summed E-state index contributed by atoms with van der Waals surface area (Å²) in [4.78, 5) is 11.7. The number of carbonyl (C=O) groups excluding carboxylic acids is 1. The summed E-state index contributed by atoms with van der Waals surface area (Å²) in [6.45, 7) is 0. The Bertz CT molecular complexity index is 712. The van der Waals surface area contributed by atoms with Gasteiger partial charge in [0, 0.05) is 11.4 Å². The zero-order valence-electron chi connectivity index (χ0n) is 11.1. The van der Waals surface area contributed by atoms with Gasteiger partial charge in [0.05, 0.1) is 5.75 Å². The van der Waals surface area contributed by atoms with Crippen LogP contribution in [0.3, 0.4) is 0 Å². The molecule has 4 nitrogen and oxygen atoms in total. The van der Waals surface area contributed by atoms with E-state index in [2.05, 4.69) is 4.72 Å². The third-order valence-corrected chi connectivity index (χ3v) is 5.12. The lowest BCUT2D eigenvalue weighted by molar-refractivity contribution is -0.119. The molecule has 0 aliphatic heterocycles. The largest absolute Gasteiger partial charge is 0.274 e. The number of amides is 1. The standard InChI is InChI=1S/C14H14ClNO3S2/c15-13-4-2-1-3-12(13)10-21(18,19)16-14(17)6-5-11-7-8-20-9-11/h1-4,7-9H,5-6,10H2,(H,16,17). The molecule has 0 atom stereocenters. The molecule has 0 saturated carbocycles. The Morgan fingerprint density at radius 2 is 2.00 bits per heavy atom. The lowest BCUT2D eigenvalue weighted by Gasteiger charge is -2.08. The van der Waals surface area contributed by atoms with Crippen LogP contribution < -0.4 is 4.72 Å². The van der Waals surface area contributed by atoms with Crippen molar-refractivity contribution in [1.29, 1.82) is 0 Å². The van der Waals surface area contributed by atoms with E-state index in [1.165, 1.54) is 0 Å². The first-order chi connectivity index (χ1) is 9.96. The minimum absolute atomic E-state index is 0.137. The molecule has 1 N–H and O–H groups in total. The van der Waals surface area contributed by atoms with E-state index in [1.54, 1.807) is 35.6 Å². The second-order valence-electron chi connectivity index (χ2n) is 4.51. The first-order valence-electron chi connectivity index (χ1n) is 6.24.